The molecular formula is C16H13N3O3S2. The zero-order valence-corrected chi connectivity index (χ0v) is 14.3. The van der Waals surface area contributed by atoms with Crippen molar-refractivity contribution in [1.82, 2.24) is 10.2 Å². The Balaban J connectivity index is 1.75. The van der Waals surface area contributed by atoms with Crippen LogP contribution in [0.25, 0.3) is 10.6 Å². The predicted molar refractivity (Wildman–Crippen MR) is 92.9 cm³/mol. The van der Waals surface area contributed by atoms with Gasteiger partial charge in [0.05, 0.1) is 4.90 Å². The topological polar surface area (TPSA) is 89.0 Å². The molecule has 8 heteroatoms. The molecule has 0 saturated heterocycles. The molecule has 0 aliphatic rings. The standard InChI is InChI=1S/C16H13N3O3S2/c1-24(21,22)13-9-7-11(8-10-13)14(20)17-16-19-18-15(23-16)12-5-3-2-4-6-12/h2-10H,1H3,(H,17,19,20). The van der Waals surface area contributed by atoms with Gasteiger partial charge >= 0.3 is 0 Å². The molecule has 0 radical (unpaired) electrons. The third kappa shape index (κ3) is 3.66. The van der Waals surface area contributed by atoms with Crippen molar-refractivity contribution in [3.05, 3.63) is 60.2 Å². The van der Waals surface area contributed by atoms with E-state index in [4.69, 9.17) is 0 Å². The molecule has 3 rings (SSSR count). The molecule has 1 amide bonds. The largest absolute Gasteiger partial charge is 0.296 e. The molecule has 122 valence electrons. The van der Waals surface area contributed by atoms with E-state index in [9.17, 15) is 13.2 Å². The summed E-state index contributed by atoms with van der Waals surface area (Å²) >= 11 is 1.27. The summed E-state index contributed by atoms with van der Waals surface area (Å²) in [6, 6.07) is 15.3. The lowest BCUT2D eigenvalue weighted by Gasteiger charge is -2.02. The second-order valence-corrected chi connectivity index (χ2v) is 8.02. The molecular weight excluding hydrogens is 346 g/mol. The average molecular weight is 359 g/mol. The van der Waals surface area contributed by atoms with Gasteiger partial charge in [0.25, 0.3) is 5.91 Å². The Morgan fingerprint density at radius 3 is 2.29 bits per heavy atom. The lowest BCUT2D eigenvalue weighted by Crippen LogP contribution is -2.11. The molecule has 3 aromatic rings. The number of hydrogen-bond donors (Lipinski definition) is 1. The van der Waals surface area contributed by atoms with Crippen LogP contribution < -0.4 is 5.32 Å². The fraction of sp³-hybridized carbons (Fsp3) is 0.0625. The van der Waals surface area contributed by atoms with Crippen molar-refractivity contribution < 1.29 is 13.2 Å². The quantitative estimate of drug-likeness (QED) is 0.774. The number of hydrogen-bond acceptors (Lipinski definition) is 6. The summed E-state index contributed by atoms with van der Waals surface area (Å²) < 4.78 is 22.9. The Hall–Kier alpha value is -2.58. The van der Waals surface area contributed by atoms with E-state index in [1.54, 1.807) is 0 Å². The van der Waals surface area contributed by atoms with Crippen LogP contribution in [-0.4, -0.2) is 30.8 Å². The molecule has 2 aromatic carbocycles. The van der Waals surface area contributed by atoms with Crippen LogP contribution in [0.2, 0.25) is 0 Å². The van der Waals surface area contributed by atoms with E-state index < -0.39 is 9.84 Å². The minimum Gasteiger partial charge on any atom is -0.296 e. The van der Waals surface area contributed by atoms with Gasteiger partial charge in [-0.25, -0.2) is 8.42 Å². The van der Waals surface area contributed by atoms with Gasteiger partial charge in [-0.2, -0.15) is 0 Å². The van der Waals surface area contributed by atoms with Crippen molar-refractivity contribution in [3.63, 3.8) is 0 Å². The van der Waals surface area contributed by atoms with Crippen LogP contribution in [0, 0.1) is 0 Å². The van der Waals surface area contributed by atoms with Crippen molar-refractivity contribution >= 4 is 32.2 Å². The van der Waals surface area contributed by atoms with Gasteiger partial charge in [-0.1, -0.05) is 41.7 Å². The Morgan fingerprint density at radius 1 is 1.00 bits per heavy atom. The van der Waals surface area contributed by atoms with Crippen LogP contribution in [0.3, 0.4) is 0 Å². The van der Waals surface area contributed by atoms with Gasteiger partial charge in [0.1, 0.15) is 5.01 Å². The number of benzene rings is 2. The molecule has 0 bridgehead atoms. The molecule has 0 unspecified atom stereocenters. The highest BCUT2D eigenvalue weighted by molar-refractivity contribution is 7.90. The van der Waals surface area contributed by atoms with Gasteiger partial charge in [-0.05, 0) is 24.3 Å². The van der Waals surface area contributed by atoms with E-state index in [0.29, 0.717) is 15.7 Å². The van der Waals surface area contributed by atoms with E-state index in [0.717, 1.165) is 11.8 Å². The van der Waals surface area contributed by atoms with Gasteiger partial charge in [0.2, 0.25) is 5.13 Å². The van der Waals surface area contributed by atoms with Gasteiger partial charge in [-0.3, -0.25) is 10.1 Å². The molecule has 6 nitrogen and oxygen atoms in total. The number of amides is 1. The summed E-state index contributed by atoms with van der Waals surface area (Å²) in [5.41, 5.74) is 1.27. The first-order chi connectivity index (χ1) is 11.4. The van der Waals surface area contributed by atoms with E-state index in [1.807, 2.05) is 30.3 Å². The van der Waals surface area contributed by atoms with Gasteiger partial charge in [0.15, 0.2) is 9.84 Å². The van der Waals surface area contributed by atoms with Crippen molar-refractivity contribution in [2.24, 2.45) is 0 Å². The van der Waals surface area contributed by atoms with Crippen LogP contribution in [0.15, 0.2) is 59.5 Å². The summed E-state index contributed by atoms with van der Waals surface area (Å²) in [4.78, 5) is 12.4. The summed E-state index contributed by atoms with van der Waals surface area (Å²) in [5, 5.41) is 11.8. The van der Waals surface area contributed by atoms with Crippen molar-refractivity contribution in [3.8, 4) is 10.6 Å². The monoisotopic (exact) mass is 359 g/mol. The molecule has 1 N–H and O–H groups in total. The van der Waals surface area contributed by atoms with Crippen LogP contribution in [-0.2, 0) is 9.84 Å². The number of nitrogens with zero attached hydrogens (tertiary/aromatic N) is 2. The Morgan fingerprint density at radius 2 is 1.67 bits per heavy atom. The molecule has 1 heterocycles. The van der Waals surface area contributed by atoms with E-state index in [-0.39, 0.29) is 10.8 Å². The normalized spacial score (nSPS) is 11.2. The van der Waals surface area contributed by atoms with Gasteiger partial charge in [-0.15, -0.1) is 10.2 Å². The minimum atomic E-state index is -3.28. The molecule has 0 atom stereocenters. The Kier molecular flexibility index (Phi) is 4.41. The SMILES string of the molecule is CS(=O)(=O)c1ccc(C(=O)Nc2nnc(-c3ccccc3)s2)cc1. The maximum atomic E-state index is 12.2. The highest BCUT2D eigenvalue weighted by Crippen LogP contribution is 2.26. The minimum absolute atomic E-state index is 0.168. The zero-order chi connectivity index (χ0) is 17.2. The Bertz CT molecular complexity index is 965. The number of aromatic nitrogens is 2. The highest BCUT2D eigenvalue weighted by atomic mass is 32.2. The number of carbonyl (C=O) groups is 1. The van der Waals surface area contributed by atoms with Crippen LogP contribution in [0.5, 0.6) is 0 Å². The van der Waals surface area contributed by atoms with Gasteiger partial charge in [0, 0.05) is 17.4 Å². The summed E-state index contributed by atoms with van der Waals surface area (Å²) in [7, 11) is -3.28. The average Bonchev–Trinajstić information content (AvgIpc) is 3.03. The van der Waals surface area contributed by atoms with E-state index in [1.165, 1.54) is 35.6 Å². The van der Waals surface area contributed by atoms with Crippen molar-refractivity contribution in [2.45, 2.75) is 4.90 Å². The molecule has 1 aromatic heterocycles. The smallest absolute Gasteiger partial charge is 0.257 e. The fourth-order valence-corrected chi connectivity index (χ4v) is 3.37. The van der Waals surface area contributed by atoms with Crippen LogP contribution in [0.4, 0.5) is 5.13 Å². The second-order valence-electron chi connectivity index (χ2n) is 5.03. The number of sulfone groups is 1. The number of anilines is 1. The Labute approximate surface area is 143 Å². The first-order valence-corrected chi connectivity index (χ1v) is 9.65. The first-order valence-electron chi connectivity index (χ1n) is 6.94. The van der Waals surface area contributed by atoms with Gasteiger partial charge < -0.3 is 0 Å². The van der Waals surface area contributed by atoms with E-state index in [2.05, 4.69) is 15.5 Å². The molecule has 0 aliphatic heterocycles. The first kappa shape index (κ1) is 16.3. The highest BCUT2D eigenvalue weighted by Gasteiger charge is 2.13. The predicted octanol–water partition coefficient (Wildman–Crippen LogP) is 2.86. The summed E-state index contributed by atoms with van der Waals surface area (Å²) in [6.07, 6.45) is 1.12. The molecule has 0 spiro atoms. The number of carbonyl (C=O) groups excluding carboxylic acids is 1. The number of rotatable bonds is 4. The van der Waals surface area contributed by atoms with Crippen molar-refractivity contribution in [2.75, 3.05) is 11.6 Å². The summed E-state index contributed by atoms with van der Waals surface area (Å²) in [5.74, 6) is -0.370. The maximum Gasteiger partial charge on any atom is 0.257 e. The maximum absolute atomic E-state index is 12.2. The molecule has 24 heavy (non-hydrogen) atoms. The second kappa shape index (κ2) is 6.50. The third-order valence-corrected chi connectivity index (χ3v) is 5.23. The van der Waals surface area contributed by atoms with Crippen LogP contribution in [0.1, 0.15) is 10.4 Å². The number of nitrogens with one attached hydrogen (secondary N) is 1. The fourth-order valence-electron chi connectivity index (χ4n) is 1.99. The molecule has 0 aliphatic carbocycles. The molecule has 0 saturated carbocycles. The third-order valence-electron chi connectivity index (χ3n) is 3.21. The zero-order valence-electron chi connectivity index (χ0n) is 12.6. The lowest BCUT2D eigenvalue weighted by atomic mass is 10.2. The summed E-state index contributed by atoms with van der Waals surface area (Å²) in [6.45, 7) is 0. The van der Waals surface area contributed by atoms with E-state index >= 15 is 0 Å². The lowest BCUT2D eigenvalue weighted by molar-refractivity contribution is 0.102. The van der Waals surface area contributed by atoms with Crippen LogP contribution >= 0.6 is 11.3 Å². The van der Waals surface area contributed by atoms with Crippen molar-refractivity contribution in [1.29, 1.82) is 0 Å². The molecule has 0 fully saturated rings.